The van der Waals surface area contributed by atoms with Gasteiger partial charge in [0.15, 0.2) is 0 Å². The molecule has 2 aliphatic carbocycles. The van der Waals surface area contributed by atoms with Crippen LogP contribution >= 0.6 is 0 Å². The molecule has 3 rings (SSSR count). The van der Waals surface area contributed by atoms with Crippen LogP contribution in [0.3, 0.4) is 0 Å². The van der Waals surface area contributed by atoms with Gasteiger partial charge in [0.25, 0.3) is 0 Å². The van der Waals surface area contributed by atoms with Crippen molar-refractivity contribution in [2.24, 2.45) is 17.8 Å². The van der Waals surface area contributed by atoms with Crippen molar-refractivity contribution in [3.8, 4) is 0 Å². The van der Waals surface area contributed by atoms with Gasteiger partial charge in [-0.2, -0.15) is 0 Å². The van der Waals surface area contributed by atoms with Crippen LogP contribution in [0.4, 0.5) is 0 Å². The van der Waals surface area contributed by atoms with Crippen LogP contribution in [0, 0.1) is 17.8 Å². The Morgan fingerprint density at radius 2 is 2.13 bits per heavy atom. The zero-order chi connectivity index (χ0) is 10.1. The molecule has 2 heteroatoms. The largest absolute Gasteiger partial charge is 0.381 e. The van der Waals surface area contributed by atoms with Gasteiger partial charge in [-0.05, 0) is 50.0 Å². The Hall–Kier alpha value is -0.340. The van der Waals surface area contributed by atoms with E-state index in [0.717, 1.165) is 37.0 Å². The minimum atomic E-state index is 0.789. The minimum Gasteiger partial charge on any atom is -0.381 e. The molecule has 3 aliphatic rings. The first-order chi connectivity index (χ1) is 7.43. The lowest BCUT2D eigenvalue weighted by Crippen LogP contribution is -2.49. The summed E-state index contributed by atoms with van der Waals surface area (Å²) in [5.41, 5.74) is 0. The predicted molar refractivity (Wildman–Crippen MR) is 60.7 cm³/mol. The third kappa shape index (κ3) is 1.98. The summed E-state index contributed by atoms with van der Waals surface area (Å²) in [5, 5.41) is 3.75. The molecule has 1 heterocycles. The summed E-state index contributed by atoms with van der Waals surface area (Å²) in [6.07, 6.45) is 10.0. The molecule has 0 aromatic rings. The highest BCUT2D eigenvalue weighted by molar-refractivity contribution is 5.12. The topological polar surface area (TPSA) is 21.3 Å². The lowest BCUT2D eigenvalue weighted by Gasteiger charge is -2.41. The van der Waals surface area contributed by atoms with Crippen molar-refractivity contribution in [1.29, 1.82) is 0 Å². The summed E-state index contributed by atoms with van der Waals surface area (Å²) >= 11 is 0. The molecule has 0 spiro atoms. The average Bonchev–Trinajstić information content (AvgIpc) is 2.62. The molecule has 1 N–H and O–H groups in total. The fraction of sp³-hybridized carbons (Fsp3) is 0.846. The Morgan fingerprint density at radius 3 is 2.93 bits per heavy atom. The van der Waals surface area contributed by atoms with E-state index in [-0.39, 0.29) is 0 Å². The molecular weight excluding hydrogens is 186 g/mol. The number of allylic oxidation sites excluding steroid dienone is 1. The second-order valence-electron chi connectivity index (χ2n) is 5.31. The van der Waals surface area contributed by atoms with E-state index in [0.29, 0.717) is 0 Å². The van der Waals surface area contributed by atoms with Crippen molar-refractivity contribution in [3.05, 3.63) is 12.2 Å². The van der Waals surface area contributed by atoms with E-state index in [1.807, 2.05) is 0 Å². The molecule has 2 nitrogen and oxygen atoms in total. The van der Waals surface area contributed by atoms with Gasteiger partial charge in [0.1, 0.15) is 0 Å². The second kappa shape index (κ2) is 4.26. The molecule has 0 aromatic carbocycles. The maximum atomic E-state index is 5.38. The van der Waals surface area contributed by atoms with Gasteiger partial charge in [0.2, 0.25) is 0 Å². The number of nitrogens with one attached hydrogen (secondary N) is 1. The van der Waals surface area contributed by atoms with Crippen molar-refractivity contribution in [3.63, 3.8) is 0 Å². The lowest BCUT2D eigenvalue weighted by atomic mass is 9.71. The van der Waals surface area contributed by atoms with Crippen LogP contribution in [0.25, 0.3) is 0 Å². The van der Waals surface area contributed by atoms with Crippen molar-refractivity contribution >= 4 is 0 Å². The van der Waals surface area contributed by atoms with Gasteiger partial charge in [0.05, 0.1) is 0 Å². The SMILES string of the molecule is C1=CC2C(C1)CC2NCC1CCOCC1. The third-order valence-corrected chi connectivity index (χ3v) is 4.37. The zero-order valence-corrected chi connectivity index (χ0v) is 9.32. The zero-order valence-electron chi connectivity index (χ0n) is 9.32. The Kier molecular flexibility index (Phi) is 2.80. The molecule has 1 aliphatic heterocycles. The molecule has 1 saturated heterocycles. The molecule has 84 valence electrons. The van der Waals surface area contributed by atoms with Gasteiger partial charge in [-0.25, -0.2) is 0 Å². The van der Waals surface area contributed by atoms with Crippen molar-refractivity contribution in [2.75, 3.05) is 19.8 Å². The van der Waals surface area contributed by atoms with E-state index in [1.54, 1.807) is 0 Å². The Labute approximate surface area is 92.1 Å². The van der Waals surface area contributed by atoms with Crippen LogP contribution < -0.4 is 5.32 Å². The van der Waals surface area contributed by atoms with Crippen LogP contribution in [0.1, 0.15) is 25.7 Å². The number of hydrogen-bond donors (Lipinski definition) is 1. The Balaban J connectivity index is 1.41. The molecule has 3 unspecified atom stereocenters. The summed E-state index contributed by atoms with van der Waals surface area (Å²) in [7, 11) is 0. The van der Waals surface area contributed by atoms with Crippen LogP contribution in [-0.4, -0.2) is 25.8 Å². The molecule has 1 saturated carbocycles. The quantitative estimate of drug-likeness (QED) is 0.714. The summed E-state index contributed by atoms with van der Waals surface area (Å²) in [6, 6.07) is 0.789. The van der Waals surface area contributed by atoms with E-state index < -0.39 is 0 Å². The van der Waals surface area contributed by atoms with Crippen LogP contribution in [0.5, 0.6) is 0 Å². The highest BCUT2D eigenvalue weighted by atomic mass is 16.5. The molecule has 0 bridgehead atoms. The van der Waals surface area contributed by atoms with Gasteiger partial charge in [-0.15, -0.1) is 0 Å². The predicted octanol–water partition coefficient (Wildman–Crippen LogP) is 1.97. The maximum absolute atomic E-state index is 5.38. The minimum absolute atomic E-state index is 0.789. The van der Waals surface area contributed by atoms with Gasteiger partial charge in [-0.3, -0.25) is 0 Å². The third-order valence-electron chi connectivity index (χ3n) is 4.37. The summed E-state index contributed by atoms with van der Waals surface area (Å²) < 4.78 is 5.38. The van der Waals surface area contributed by atoms with Gasteiger partial charge in [-0.1, -0.05) is 12.2 Å². The van der Waals surface area contributed by atoms with E-state index >= 15 is 0 Å². The molecule has 15 heavy (non-hydrogen) atoms. The first kappa shape index (κ1) is 9.86. The summed E-state index contributed by atoms with van der Waals surface area (Å²) in [6.45, 7) is 3.16. The Morgan fingerprint density at radius 1 is 1.27 bits per heavy atom. The van der Waals surface area contributed by atoms with Crippen molar-refractivity contribution < 1.29 is 4.74 Å². The molecule has 0 amide bonds. The van der Waals surface area contributed by atoms with Crippen molar-refractivity contribution in [2.45, 2.75) is 31.7 Å². The number of ether oxygens (including phenoxy) is 1. The van der Waals surface area contributed by atoms with Crippen LogP contribution in [-0.2, 0) is 4.74 Å². The molecule has 0 aromatic heterocycles. The number of hydrogen-bond acceptors (Lipinski definition) is 2. The van der Waals surface area contributed by atoms with Crippen LogP contribution in [0.2, 0.25) is 0 Å². The molecule has 2 fully saturated rings. The van der Waals surface area contributed by atoms with Crippen LogP contribution in [0.15, 0.2) is 12.2 Å². The fourth-order valence-electron chi connectivity index (χ4n) is 3.22. The number of fused-ring (bicyclic) bond motifs is 1. The standard InChI is InChI=1S/C13H21NO/c1-2-11-8-13(12(11)3-1)14-9-10-4-6-15-7-5-10/h1,3,10-14H,2,4-9H2. The Bertz CT molecular complexity index is 245. The molecular formula is C13H21NO. The van der Waals surface area contributed by atoms with E-state index in [9.17, 15) is 0 Å². The lowest BCUT2D eigenvalue weighted by molar-refractivity contribution is 0.0607. The smallest absolute Gasteiger partial charge is 0.0469 e. The summed E-state index contributed by atoms with van der Waals surface area (Å²) in [4.78, 5) is 0. The van der Waals surface area contributed by atoms with Gasteiger partial charge in [0, 0.05) is 19.3 Å². The molecule has 0 radical (unpaired) electrons. The molecule has 3 atom stereocenters. The van der Waals surface area contributed by atoms with E-state index in [1.165, 1.54) is 32.2 Å². The van der Waals surface area contributed by atoms with Gasteiger partial charge >= 0.3 is 0 Å². The fourth-order valence-corrected chi connectivity index (χ4v) is 3.22. The maximum Gasteiger partial charge on any atom is 0.0469 e. The first-order valence-corrected chi connectivity index (χ1v) is 6.41. The average molecular weight is 207 g/mol. The number of rotatable bonds is 3. The summed E-state index contributed by atoms with van der Waals surface area (Å²) in [5.74, 6) is 2.71. The first-order valence-electron chi connectivity index (χ1n) is 6.41. The normalized spacial score (nSPS) is 40.1. The highest BCUT2D eigenvalue weighted by Gasteiger charge is 2.40. The van der Waals surface area contributed by atoms with Gasteiger partial charge < -0.3 is 10.1 Å². The van der Waals surface area contributed by atoms with E-state index in [2.05, 4.69) is 17.5 Å². The highest BCUT2D eigenvalue weighted by Crippen LogP contribution is 2.42. The van der Waals surface area contributed by atoms with E-state index in [4.69, 9.17) is 4.74 Å². The second-order valence-corrected chi connectivity index (χ2v) is 5.31. The monoisotopic (exact) mass is 207 g/mol. The van der Waals surface area contributed by atoms with Crippen molar-refractivity contribution in [1.82, 2.24) is 5.32 Å².